The molecular formula is C11H14N2O4. The predicted octanol–water partition coefficient (Wildman–Crippen LogP) is 1.17. The van der Waals surface area contributed by atoms with Gasteiger partial charge in [-0.25, -0.2) is 4.79 Å². The van der Waals surface area contributed by atoms with Crippen molar-refractivity contribution in [2.75, 3.05) is 19.1 Å². The number of aromatic carboxylic acids is 1. The molecule has 3 N–H and O–H groups in total. The lowest BCUT2D eigenvalue weighted by Gasteiger charge is -2.07. The number of methoxy groups -OCH3 is 1. The minimum absolute atomic E-state index is 0.000416. The largest absolute Gasteiger partial charge is 0.497 e. The molecule has 6 heteroatoms. The molecule has 1 aromatic carbocycles. The molecule has 0 fully saturated rings. The van der Waals surface area contributed by atoms with Gasteiger partial charge in [0.1, 0.15) is 5.75 Å². The summed E-state index contributed by atoms with van der Waals surface area (Å²) in [5, 5.41) is 21.3. The van der Waals surface area contributed by atoms with Crippen molar-refractivity contribution in [1.29, 1.82) is 0 Å². The van der Waals surface area contributed by atoms with Crippen LogP contribution < -0.4 is 10.2 Å². The molecule has 6 nitrogen and oxygen atoms in total. The zero-order valence-electron chi connectivity index (χ0n) is 9.38. The van der Waals surface area contributed by atoms with Gasteiger partial charge < -0.3 is 14.9 Å². The number of hydrogen-bond acceptors (Lipinski definition) is 5. The van der Waals surface area contributed by atoms with Crippen LogP contribution in [0.4, 0.5) is 5.69 Å². The van der Waals surface area contributed by atoms with Crippen LogP contribution in [-0.2, 0) is 0 Å². The molecule has 0 spiro atoms. The van der Waals surface area contributed by atoms with Crippen LogP contribution in [-0.4, -0.2) is 36.1 Å². The minimum Gasteiger partial charge on any atom is -0.497 e. The summed E-state index contributed by atoms with van der Waals surface area (Å²) in [7, 11) is 1.47. The normalized spacial score (nSPS) is 10.5. The lowest BCUT2D eigenvalue weighted by molar-refractivity contribution is 0.0697. The molecule has 0 atom stereocenters. The van der Waals surface area contributed by atoms with E-state index in [9.17, 15) is 4.79 Å². The summed E-state index contributed by atoms with van der Waals surface area (Å²) in [6.45, 7) is -0.000416. The van der Waals surface area contributed by atoms with Crippen molar-refractivity contribution in [3.8, 4) is 5.75 Å². The second-order valence-electron chi connectivity index (χ2n) is 3.15. The van der Waals surface area contributed by atoms with Crippen LogP contribution >= 0.6 is 0 Å². The maximum atomic E-state index is 11.0. The second kappa shape index (κ2) is 6.49. The van der Waals surface area contributed by atoms with Gasteiger partial charge in [0, 0.05) is 19.2 Å². The number of nitrogens with zero attached hydrogens (tertiary/aromatic N) is 1. The molecule has 1 rings (SSSR count). The number of benzene rings is 1. The lowest BCUT2D eigenvalue weighted by Crippen LogP contribution is -2.03. The highest BCUT2D eigenvalue weighted by Gasteiger charge is 2.10. The minimum atomic E-state index is -1.07. The third-order valence-electron chi connectivity index (χ3n) is 1.99. The van der Waals surface area contributed by atoms with Gasteiger partial charge in [-0.15, -0.1) is 0 Å². The monoisotopic (exact) mass is 238 g/mol. The number of hydrogen-bond donors (Lipinski definition) is 3. The van der Waals surface area contributed by atoms with Crippen molar-refractivity contribution in [2.45, 2.75) is 6.42 Å². The Morgan fingerprint density at radius 1 is 1.59 bits per heavy atom. The summed E-state index contributed by atoms with van der Waals surface area (Å²) in [6, 6.07) is 4.61. The first-order valence-corrected chi connectivity index (χ1v) is 4.98. The van der Waals surface area contributed by atoms with Crippen LogP contribution in [0.2, 0.25) is 0 Å². The number of anilines is 1. The van der Waals surface area contributed by atoms with E-state index in [0.29, 0.717) is 17.9 Å². The van der Waals surface area contributed by atoms with Crippen LogP contribution in [0.3, 0.4) is 0 Å². The quantitative estimate of drug-likeness (QED) is 0.511. The Labute approximate surface area is 98.5 Å². The standard InChI is InChI=1S/C11H14N2O4/c1-17-8-3-4-10(9(7-8)11(15)16)13-12-5-2-6-14/h3-5,7,13-14H,2,6H2,1H3,(H,15,16)/b12-5+. The van der Waals surface area contributed by atoms with Crippen molar-refractivity contribution in [1.82, 2.24) is 0 Å². The van der Waals surface area contributed by atoms with Gasteiger partial charge in [0.25, 0.3) is 0 Å². The summed E-state index contributed by atoms with van der Waals surface area (Å²) in [6.07, 6.45) is 1.88. The number of rotatable bonds is 6. The van der Waals surface area contributed by atoms with E-state index in [2.05, 4.69) is 10.5 Å². The highest BCUT2D eigenvalue weighted by atomic mass is 16.5. The summed E-state index contributed by atoms with van der Waals surface area (Å²) >= 11 is 0. The number of carboxylic acids is 1. The number of carbonyl (C=O) groups is 1. The van der Waals surface area contributed by atoms with Crippen molar-refractivity contribution in [3.05, 3.63) is 23.8 Å². The van der Waals surface area contributed by atoms with Gasteiger partial charge >= 0.3 is 5.97 Å². The molecule has 0 aliphatic carbocycles. The smallest absolute Gasteiger partial charge is 0.338 e. The van der Waals surface area contributed by atoms with E-state index in [4.69, 9.17) is 14.9 Å². The maximum Gasteiger partial charge on any atom is 0.338 e. The molecule has 0 amide bonds. The van der Waals surface area contributed by atoms with Gasteiger partial charge in [-0.05, 0) is 18.2 Å². The van der Waals surface area contributed by atoms with E-state index in [0.717, 1.165) is 0 Å². The molecular weight excluding hydrogens is 224 g/mol. The molecule has 17 heavy (non-hydrogen) atoms. The first kappa shape index (κ1) is 13.0. The Hall–Kier alpha value is -2.08. The molecule has 0 aliphatic heterocycles. The topological polar surface area (TPSA) is 91.1 Å². The Kier molecular flexibility index (Phi) is 4.96. The third-order valence-corrected chi connectivity index (χ3v) is 1.99. The Balaban J connectivity index is 2.87. The predicted molar refractivity (Wildman–Crippen MR) is 63.8 cm³/mol. The van der Waals surface area contributed by atoms with Crippen molar-refractivity contribution in [2.24, 2.45) is 5.10 Å². The van der Waals surface area contributed by atoms with E-state index >= 15 is 0 Å². The maximum absolute atomic E-state index is 11.0. The average Bonchev–Trinajstić information content (AvgIpc) is 2.34. The second-order valence-corrected chi connectivity index (χ2v) is 3.15. The fourth-order valence-corrected chi connectivity index (χ4v) is 1.16. The summed E-state index contributed by atoms with van der Waals surface area (Å²) in [5.74, 6) is -0.601. The van der Waals surface area contributed by atoms with E-state index in [1.807, 2.05) is 0 Å². The van der Waals surface area contributed by atoms with Gasteiger partial charge in [-0.2, -0.15) is 5.10 Å². The molecule has 0 aliphatic rings. The van der Waals surface area contributed by atoms with Crippen molar-refractivity contribution >= 4 is 17.9 Å². The highest BCUT2D eigenvalue weighted by molar-refractivity contribution is 5.94. The number of aliphatic hydroxyl groups excluding tert-OH is 1. The van der Waals surface area contributed by atoms with Gasteiger partial charge in [0.15, 0.2) is 0 Å². The average molecular weight is 238 g/mol. The summed E-state index contributed by atoms with van der Waals surface area (Å²) < 4.78 is 4.94. The molecule has 0 aromatic heterocycles. The van der Waals surface area contributed by atoms with Crippen molar-refractivity contribution < 1.29 is 19.7 Å². The van der Waals surface area contributed by atoms with E-state index in [1.165, 1.54) is 19.4 Å². The van der Waals surface area contributed by atoms with E-state index in [1.54, 1.807) is 12.1 Å². The highest BCUT2D eigenvalue weighted by Crippen LogP contribution is 2.21. The SMILES string of the molecule is COc1ccc(N/N=C/CCO)c(C(=O)O)c1. The molecule has 0 saturated heterocycles. The van der Waals surface area contributed by atoms with Crippen LogP contribution in [0.15, 0.2) is 23.3 Å². The third kappa shape index (κ3) is 3.76. The number of aliphatic hydroxyl groups is 1. The van der Waals surface area contributed by atoms with Crippen LogP contribution in [0.1, 0.15) is 16.8 Å². The molecule has 0 radical (unpaired) electrons. The lowest BCUT2D eigenvalue weighted by atomic mass is 10.2. The number of hydrazone groups is 1. The molecule has 1 aromatic rings. The fraction of sp³-hybridized carbons (Fsp3) is 0.273. The first-order chi connectivity index (χ1) is 8.19. The van der Waals surface area contributed by atoms with Crippen LogP contribution in [0.5, 0.6) is 5.75 Å². The number of nitrogens with one attached hydrogen (secondary N) is 1. The van der Waals surface area contributed by atoms with Gasteiger partial charge in [-0.3, -0.25) is 5.43 Å². The molecule has 0 heterocycles. The van der Waals surface area contributed by atoms with Gasteiger partial charge in [0.2, 0.25) is 0 Å². The fourth-order valence-electron chi connectivity index (χ4n) is 1.16. The number of ether oxygens (including phenoxy) is 1. The Morgan fingerprint density at radius 2 is 2.35 bits per heavy atom. The van der Waals surface area contributed by atoms with Gasteiger partial charge in [0.05, 0.1) is 18.4 Å². The van der Waals surface area contributed by atoms with Crippen LogP contribution in [0.25, 0.3) is 0 Å². The molecule has 92 valence electrons. The zero-order valence-corrected chi connectivity index (χ0v) is 9.38. The van der Waals surface area contributed by atoms with E-state index < -0.39 is 5.97 Å². The summed E-state index contributed by atoms with van der Waals surface area (Å²) in [4.78, 5) is 11.0. The van der Waals surface area contributed by atoms with E-state index in [-0.39, 0.29) is 12.2 Å². The molecule has 0 unspecified atom stereocenters. The Bertz CT molecular complexity index is 418. The molecule has 0 bridgehead atoms. The van der Waals surface area contributed by atoms with Crippen molar-refractivity contribution in [3.63, 3.8) is 0 Å². The Morgan fingerprint density at radius 3 is 2.94 bits per heavy atom. The molecule has 0 saturated carbocycles. The number of carboxylic acid groups (broad SMARTS) is 1. The zero-order chi connectivity index (χ0) is 12.7. The van der Waals surface area contributed by atoms with Gasteiger partial charge in [-0.1, -0.05) is 0 Å². The van der Waals surface area contributed by atoms with Crippen LogP contribution in [0, 0.1) is 0 Å². The summed E-state index contributed by atoms with van der Waals surface area (Å²) in [5.41, 5.74) is 3.05. The first-order valence-electron chi connectivity index (χ1n) is 4.98.